The Labute approximate surface area is 149 Å². The molecular weight excluding hydrogens is 334 g/mol. The molecule has 0 bridgehead atoms. The summed E-state index contributed by atoms with van der Waals surface area (Å²) in [5.74, 6) is 0.464. The average molecular weight is 349 g/mol. The normalized spacial score (nSPS) is 13.3. The van der Waals surface area contributed by atoms with Gasteiger partial charge in [-0.15, -0.1) is 11.3 Å². The van der Waals surface area contributed by atoms with Crippen molar-refractivity contribution >= 4 is 28.7 Å². The maximum absolute atomic E-state index is 12.6. The summed E-state index contributed by atoms with van der Waals surface area (Å²) in [5.41, 5.74) is 2.22. The number of carbonyl (C=O) groups excluding carboxylic acids is 2. The van der Waals surface area contributed by atoms with Gasteiger partial charge >= 0.3 is 0 Å². The van der Waals surface area contributed by atoms with Crippen molar-refractivity contribution in [3.8, 4) is 5.75 Å². The highest BCUT2D eigenvalue weighted by Crippen LogP contribution is 2.34. The predicted octanol–water partition coefficient (Wildman–Crippen LogP) is 3.90. The second-order valence-corrected chi connectivity index (χ2v) is 6.69. The zero-order valence-corrected chi connectivity index (χ0v) is 14.2. The van der Waals surface area contributed by atoms with Crippen LogP contribution in [0.3, 0.4) is 0 Å². The lowest BCUT2D eigenvalue weighted by Gasteiger charge is -2.29. The van der Waals surface area contributed by atoms with Crippen LogP contribution in [0, 0.1) is 0 Å². The fourth-order valence-corrected chi connectivity index (χ4v) is 3.52. The van der Waals surface area contributed by atoms with Crippen LogP contribution in [0.1, 0.15) is 20.8 Å². The van der Waals surface area contributed by atoms with Gasteiger partial charge in [-0.2, -0.15) is 0 Å². The van der Waals surface area contributed by atoms with Crippen molar-refractivity contribution < 1.29 is 14.3 Å². The quantitative estimate of drug-likeness (QED) is 0.671. The van der Waals surface area contributed by atoms with Crippen molar-refractivity contribution in [2.24, 2.45) is 0 Å². The van der Waals surface area contributed by atoms with Crippen molar-refractivity contribution in [2.75, 3.05) is 11.5 Å². The molecule has 1 aromatic heterocycles. The highest BCUT2D eigenvalue weighted by atomic mass is 32.1. The Morgan fingerprint density at radius 2 is 1.92 bits per heavy atom. The first-order chi connectivity index (χ1) is 12.2. The van der Waals surface area contributed by atoms with Gasteiger partial charge in [-0.3, -0.25) is 9.59 Å². The highest BCUT2D eigenvalue weighted by molar-refractivity contribution is 7.12. The summed E-state index contributed by atoms with van der Waals surface area (Å²) in [5, 5.41) is 1.87. The molecule has 0 fully saturated rings. The fraction of sp³-hybridized carbons (Fsp3) is 0.100. The number of hydrogen-bond donors (Lipinski definition) is 0. The Morgan fingerprint density at radius 1 is 1.08 bits per heavy atom. The highest BCUT2D eigenvalue weighted by Gasteiger charge is 2.27. The van der Waals surface area contributed by atoms with Gasteiger partial charge in [0.05, 0.1) is 17.1 Å². The summed E-state index contributed by atoms with van der Waals surface area (Å²) in [6, 6.07) is 18.7. The van der Waals surface area contributed by atoms with E-state index in [1.165, 1.54) is 11.3 Å². The lowest BCUT2D eigenvalue weighted by atomic mass is 10.1. The number of fused-ring (bicyclic) bond motifs is 1. The third kappa shape index (κ3) is 3.06. The molecule has 0 unspecified atom stereocenters. The molecule has 1 amide bonds. The number of rotatable bonds is 4. The molecule has 1 aliphatic rings. The van der Waals surface area contributed by atoms with Gasteiger partial charge in [0, 0.05) is 5.56 Å². The van der Waals surface area contributed by atoms with E-state index in [1.54, 1.807) is 29.2 Å². The van der Waals surface area contributed by atoms with Crippen molar-refractivity contribution in [1.29, 1.82) is 0 Å². The van der Waals surface area contributed by atoms with E-state index < -0.39 is 0 Å². The van der Waals surface area contributed by atoms with Gasteiger partial charge in [0.2, 0.25) is 5.78 Å². The molecular formula is C20H15NO3S. The number of hydrogen-bond acceptors (Lipinski definition) is 4. The van der Waals surface area contributed by atoms with E-state index in [0.29, 0.717) is 28.4 Å². The minimum absolute atomic E-state index is 0.0120. The van der Waals surface area contributed by atoms with E-state index in [0.717, 1.165) is 5.56 Å². The molecule has 2 aromatic carbocycles. The number of carbonyl (C=O) groups is 2. The maximum atomic E-state index is 12.6. The van der Waals surface area contributed by atoms with E-state index in [1.807, 2.05) is 41.8 Å². The Hall–Kier alpha value is -2.92. The summed E-state index contributed by atoms with van der Waals surface area (Å²) >= 11 is 1.41. The van der Waals surface area contributed by atoms with Crippen LogP contribution in [0.25, 0.3) is 0 Å². The molecule has 5 heteroatoms. The van der Waals surface area contributed by atoms with E-state index >= 15 is 0 Å². The number of ether oxygens (including phenoxy) is 1. The van der Waals surface area contributed by atoms with Crippen molar-refractivity contribution in [3.63, 3.8) is 0 Å². The smallest absolute Gasteiger partial charge is 0.265 e. The van der Waals surface area contributed by atoms with Gasteiger partial charge in [0.25, 0.3) is 5.91 Å². The van der Waals surface area contributed by atoms with Crippen LogP contribution in [0.15, 0.2) is 66.0 Å². The SMILES string of the molecule is O=C(c1ccc2c(c1)N(Cc1ccccc1)C(=O)CO2)c1cccs1. The van der Waals surface area contributed by atoms with Gasteiger partial charge in [-0.1, -0.05) is 36.4 Å². The standard InChI is InChI=1S/C20H15NO3S/c22-19-13-24-17-9-8-15(20(23)18-7-4-10-25-18)11-16(17)21(19)12-14-5-2-1-3-6-14/h1-11H,12-13H2. The Morgan fingerprint density at radius 3 is 2.68 bits per heavy atom. The lowest BCUT2D eigenvalue weighted by molar-refractivity contribution is -0.121. The van der Waals surface area contributed by atoms with Gasteiger partial charge < -0.3 is 9.64 Å². The topological polar surface area (TPSA) is 46.6 Å². The van der Waals surface area contributed by atoms with Crippen LogP contribution in [-0.2, 0) is 11.3 Å². The van der Waals surface area contributed by atoms with Gasteiger partial charge in [0.1, 0.15) is 5.75 Å². The van der Waals surface area contributed by atoms with Crippen LogP contribution in [0.2, 0.25) is 0 Å². The molecule has 0 saturated carbocycles. The number of amides is 1. The Balaban J connectivity index is 1.71. The third-order valence-corrected chi connectivity index (χ3v) is 4.96. The molecule has 2 heterocycles. The Kier molecular flexibility index (Phi) is 4.07. The molecule has 0 saturated heterocycles. The summed E-state index contributed by atoms with van der Waals surface area (Å²) in [7, 11) is 0. The third-order valence-electron chi connectivity index (χ3n) is 4.09. The van der Waals surface area contributed by atoms with E-state index in [9.17, 15) is 9.59 Å². The van der Waals surface area contributed by atoms with Crippen LogP contribution in [0.5, 0.6) is 5.75 Å². The molecule has 0 atom stereocenters. The summed E-state index contributed by atoms with van der Waals surface area (Å²) < 4.78 is 5.53. The predicted molar refractivity (Wildman–Crippen MR) is 97.3 cm³/mol. The molecule has 1 aliphatic heterocycles. The first-order valence-corrected chi connectivity index (χ1v) is 8.80. The Bertz CT molecular complexity index is 919. The van der Waals surface area contributed by atoms with E-state index in [2.05, 4.69) is 0 Å². The molecule has 0 N–H and O–H groups in total. The van der Waals surface area contributed by atoms with Crippen molar-refractivity contribution in [3.05, 3.63) is 82.0 Å². The second kappa shape index (κ2) is 6.53. The van der Waals surface area contributed by atoms with Crippen LogP contribution in [-0.4, -0.2) is 18.3 Å². The molecule has 0 radical (unpaired) electrons. The number of anilines is 1. The maximum Gasteiger partial charge on any atom is 0.265 e. The lowest BCUT2D eigenvalue weighted by Crippen LogP contribution is -2.38. The average Bonchev–Trinajstić information content (AvgIpc) is 3.19. The number of thiophene rings is 1. The van der Waals surface area contributed by atoms with Crippen molar-refractivity contribution in [2.45, 2.75) is 6.54 Å². The van der Waals surface area contributed by atoms with Crippen LogP contribution < -0.4 is 9.64 Å². The second-order valence-electron chi connectivity index (χ2n) is 5.74. The summed E-state index contributed by atoms with van der Waals surface area (Å²) in [6.07, 6.45) is 0. The molecule has 0 aliphatic carbocycles. The number of nitrogens with zero attached hydrogens (tertiary/aromatic N) is 1. The first kappa shape index (κ1) is 15.6. The number of benzene rings is 2. The van der Waals surface area contributed by atoms with E-state index in [4.69, 9.17) is 4.74 Å². The summed E-state index contributed by atoms with van der Waals surface area (Å²) in [6.45, 7) is 0.463. The minimum atomic E-state index is -0.114. The number of ketones is 1. The monoisotopic (exact) mass is 349 g/mol. The molecule has 3 aromatic rings. The fourth-order valence-electron chi connectivity index (χ4n) is 2.83. The summed E-state index contributed by atoms with van der Waals surface area (Å²) in [4.78, 5) is 27.4. The molecule has 25 heavy (non-hydrogen) atoms. The molecule has 4 rings (SSSR count). The van der Waals surface area contributed by atoms with Gasteiger partial charge in [0.15, 0.2) is 6.61 Å². The zero-order chi connectivity index (χ0) is 17.2. The van der Waals surface area contributed by atoms with Gasteiger partial charge in [-0.25, -0.2) is 0 Å². The zero-order valence-electron chi connectivity index (χ0n) is 13.3. The molecule has 4 nitrogen and oxygen atoms in total. The van der Waals surface area contributed by atoms with E-state index in [-0.39, 0.29) is 18.3 Å². The minimum Gasteiger partial charge on any atom is -0.482 e. The first-order valence-electron chi connectivity index (χ1n) is 7.92. The van der Waals surface area contributed by atoms with Crippen molar-refractivity contribution in [1.82, 2.24) is 0 Å². The van der Waals surface area contributed by atoms with Crippen LogP contribution in [0.4, 0.5) is 5.69 Å². The largest absolute Gasteiger partial charge is 0.482 e. The molecule has 0 spiro atoms. The van der Waals surface area contributed by atoms with Gasteiger partial charge in [-0.05, 0) is 35.2 Å². The van der Waals surface area contributed by atoms with Crippen LogP contribution >= 0.6 is 11.3 Å². The molecule has 124 valence electrons.